The van der Waals surface area contributed by atoms with E-state index >= 15 is 0 Å². The summed E-state index contributed by atoms with van der Waals surface area (Å²) in [6, 6.07) is 17.0. The van der Waals surface area contributed by atoms with E-state index < -0.39 is 0 Å². The number of rotatable bonds is 8. The van der Waals surface area contributed by atoms with Crippen LogP contribution in [0.1, 0.15) is 10.5 Å². The molecule has 36 heavy (non-hydrogen) atoms. The van der Waals surface area contributed by atoms with E-state index in [1.165, 1.54) is 0 Å². The number of imidazole rings is 1. The highest BCUT2D eigenvalue weighted by atomic mass is 79.9. The molecule has 0 spiro atoms. The standard InChI is InChI=1S/C26H27BrN6O3/c1-32-24-7-6-20(16-22(24)31-26(32)30-19-4-2-18(27)3-5-19)36-21-8-9-28-23(17-21)25(34)29-10-11-33-12-14-35-15-13-33/h2-9,16-17H,10-15H2,1H3,(H,29,34)(H,30,31). The Labute approximate surface area is 217 Å². The van der Waals surface area contributed by atoms with Crippen LogP contribution in [0.5, 0.6) is 11.5 Å². The lowest BCUT2D eigenvalue weighted by molar-refractivity contribution is 0.0383. The van der Waals surface area contributed by atoms with Gasteiger partial charge < -0.3 is 24.7 Å². The fourth-order valence-corrected chi connectivity index (χ4v) is 4.26. The predicted molar refractivity (Wildman–Crippen MR) is 142 cm³/mol. The Morgan fingerprint density at radius 2 is 1.86 bits per heavy atom. The van der Waals surface area contributed by atoms with Gasteiger partial charge in [0.15, 0.2) is 0 Å². The normalized spacial score (nSPS) is 14.1. The molecule has 0 aliphatic carbocycles. The highest BCUT2D eigenvalue weighted by Gasteiger charge is 2.13. The molecule has 3 heterocycles. The number of aryl methyl sites for hydroxylation is 1. The summed E-state index contributed by atoms with van der Waals surface area (Å²) in [5.41, 5.74) is 3.02. The van der Waals surface area contributed by atoms with Crippen molar-refractivity contribution < 1.29 is 14.3 Å². The van der Waals surface area contributed by atoms with Crippen molar-refractivity contribution in [2.75, 3.05) is 44.7 Å². The molecule has 1 saturated heterocycles. The van der Waals surface area contributed by atoms with Crippen molar-refractivity contribution in [3.8, 4) is 11.5 Å². The van der Waals surface area contributed by atoms with Crippen molar-refractivity contribution in [1.82, 2.24) is 24.8 Å². The van der Waals surface area contributed by atoms with Crippen LogP contribution >= 0.6 is 15.9 Å². The average Bonchev–Trinajstić information content (AvgIpc) is 3.20. The number of morpholine rings is 1. The quantitative estimate of drug-likeness (QED) is 0.337. The molecule has 1 aliphatic rings. The maximum absolute atomic E-state index is 12.6. The summed E-state index contributed by atoms with van der Waals surface area (Å²) in [6.45, 7) is 4.59. The van der Waals surface area contributed by atoms with Crippen LogP contribution in [0.4, 0.5) is 11.6 Å². The monoisotopic (exact) mass is 550 g/mol. The molecule has 186 valence electrons. The van der Waals surface area contributed by atoms with E-state index in [2.05, 4.69) is 36.4 Å². The summed E-state index contributed by atoms with van der Waals surface area (Å²) in [7, 11) is 1.96. The lowest BCUT2D eigenvalue weighted by atomic mass is 10.3. The first-order valence-corrected chi connectivity index (χ1v) is 12.6. The fourth-order valence-electron chi connectivity index (χ4n) is 4.00. The molecule has 4 aromatic rings. The van der Waals surface area contributed by atoms with Gasteiger partial charge in [-0.2, -0.15) is 0 Å². The van der Waals surface area contributed by atoms with Crippen LogP contribution in [0.15, 0.2) is 65.3 Å². The number of benzene rings is 2. The van der Waals surface area contributed by atoms with Crippen LogP contribution in [-0.2, 0) is 11.8 Å². The highest BCUT2D eigenvalue weighted by molar-refractivity contribution is 9.10. The molecule has 5 rings (SSSR count). The topological polar surface area (TPSA) is 93.5 Å². The van der Waals surface area contributed by atoms with Gasteiger partial charge in [0.1, 0.15) is 17.2 Å². The fraction of sp³-hybridized carbons (Fsp3) is 0.269. The molecular formula is C26H27BrN6O3. The Morgan fingerprint density at radius 1 is 1.08 bits per heavy atom. The Kier molecular flexibility index (Phi) is 7.45. The number of carbonyl (C=O) groups excluding carboxylic acids is 1. The summed E-state index contributed by atoms with van der Waals surface area (Å²) in [5, 5.41) is 6.28. The van der Waals surface area contributed by atoms with E-state index in [0.29, 0.717) is 23.7 Å². The van der Waals surface area contributed by atoms with Gasteiger partial charge in [-0.1, -0.05) is 15.9 Å². The lowest BCUT2D eigenvalue weighted by Gasteiger charge is -2.26. The maximum atomic E-state index is 12.6. The molecule has 2 N–H and O–H groups in total. The van der Waals surface area contributed by atoms with Crippen LogP contribution in [-0.4, -0.2) is 64.7 Å². The molecule has 9 nitrogen and oxygen atoms in total. The molecule has 0 bridgehead atoms. The minimum atomic E-state index is -0.224. The third-order valence-corrected chi connectivity index (χ3v) is 6.50. The molecule has 0 radical (unpaired) electrons. The van der Waals surface area contributed by atoms with Gasteiger partial charge in [-0.25, -0.2) is 4.98 Å². The predicted octanol–water partition coefficient (Wildman–Crippen LogP) is 4.33. The average molecular weight is 551 g/mol. The SMILES string of the molecule is Cn1c(Nc2ccc(Br)cc2)nc2cc(Oc3ccnc(C(=O)NCCN4CCOCC4)c3)ccc21. The second-order valence-electron chi connectivity index (χ2n) is 8.47. The number of halogens is 1. The second kappa shape index (κ2) is 11.1. The minimum absolute atomic E-state index is 0.224. The molecule has 0 unspecified atom stereocenters. The molecule has 10 heteroatoms. The van der Waals surface area contributed by atoms with Crippen LogP contribution in [0.25, 0.3) is 11.0 Å². The molecule has 0 saturated carbocycles. The van der Waals surface area contributed by atoms with Crippen molar-refractivity contribution in [2.45, 2.75) is 0 Å². The zero-order chi connectivity index (χ0) is 24.9. The van der Waals surface area contributed by atoms with E-state index in [4.69, 9.17) is 14.5 Å². The number of anilines is 2. The number of amides is 1. The zero-order valence-corrected chi connectivity index (χ0v) is 21.5. The number of aromatic nitrogens is 3. The number of carbonyl (C=O) groups is 1. The highest BCUT2D eigenvalue weighted by Crippen LogP contribution is 2.28. The number of hydrogen-bond donors (Lipinski definition) is 2. The third kappa shape index (κ3) is 5.84. The molecule has 2 aromatic carbocycles. The summed E-state index contributed by atoms with van der Waals surface area (Å²) in [5.74, 6) is 1.66. The number of fused-ring (bicyclic) bond motifs is 1. The van der Waals surface area contributed by atoms with Gasteiger partial charge in [0.2, 0.25) is 5.95 Å². The Hall–Kier alpha value is -3.47. The van der Waals surface area contributed by atoms with Crippen molar-refractivity contribution in [3.63, 3.8) is 0 Å². The Balaban J connectivity index is 1.24. The first-order chi connectivity index (χ1) is 17.5. The molecular weight excluding hydrogens is 524 g/mol. The van der Waals surface area contributed by atoms with Crippen molar-refractivity contribution in [2.24, 2.45) is 7.05 Å². The minimum Gasteiger partial charge on any atom is -0.457 e. The molecule has 2 aromatic heterocycles. The summed E-state index contributed by atoms with van der Waals surface area (Å²) in [6.07, 6.45) is 1.58. The van der Waals surface area contributed by atoms with Crippen LogP contribution in [0, 0.1) is 0 Å². The van der Waals surface area contributed by atoms with Gasteiger partial charge in [-0.05, 0) is 42.5 Å². The van der Waals surface area contributed by atoms with E-state index in [9.17, 15) is 4.79 Å². The van der Waals surface area contributed by atoms with Crippen LogP contribution in [0.3, 0.4) is 0 Å². The van der Waals surface area contributed by atoms with Crippen molar-refractivity contribution in [3.05, 3.63) is 71.0 Å². The summed E-state index contributed by atoms with van der Waals surface area (Å²) < 4.78 is 14.4. The number of ether oxygens (including phenoxy) is 2. The third-order valence-electron chi connectivity index (χ3n) is 5.97. The Morgan fingerprint density at radius 3 is 2.67 bits per heavy atom. The number of nitrogens with one attached hydrogen (secondary N) is 2. The number of pyridine rings is 1. The van der Waals surface area contributed by atoms with Gasteiger partial charge in [0.05, 0.1) is 24.2 Å². The first kappa shape index (κ1) is 24.2. The van der Waals surface area contributed by atoms with Crippen molar-refractivity contribution >= 4 is 44.5 Å². The van der Waals surface area contributed by atoms with Gasteiger partial charge in [-0.3, -0.25) is 14.7 Å². The zero-order valence-electron chi connectivity index (χ0n) is 19.9. The van der Waals surface area contributed by atoms with Gasteiger partial charge in [0, 0.05) is 61.7 Å². The van der Waals surface area contributed by atoms with Crippen molar-refractivity contribution in [1.29, 1.82) is 0 Å². The lowest BCUT2D eigenvalue weighted by Crippen LogP contribution is -2.41. The first-order valence-electron chi connectivity index (χ1n) is 11.8. The molecule has 1 amide bonds. The van der Waals surface area contributed by atoms with Crippen LogP contribution < -0.4 is 15.4 Å². The number of hydrogen-bond acceptors (Lipinski definition) is 7. The van der Waals surface area contributed by atoms with E-state index in [-0.39, 0.29) is 5.91 Å². The Bertz CT molecular complexity index is 1350. The largest absolute Gasteiger partial charge is 0.457 e. The summed E-state index contributed by atoms with van der Waals surface area (Å²) in [4.78, 5) is 23.8. The van der Waals surface area contributed by atoms with Gasteiger partial charge in [-0.15, -0.1) is 0 Å². The molecule has 0 atom stereocenters. The van der Waals surface area contributed by atoms with Gasteiger partial charge in [0.25, 0.3) is 5.91 Å². The molecule has 1 fully saturated rings. The van der Waals surface area contributed by atoms with E-state index in [0.717, 1.165) is 60.0 Å². The molecule has 1 aliphatic heterocycles. The second-order valence-corrected chi connectivity index (χ2v) is 9.38. The van der Waals surface area contributed by atoms with E-state index in [1.807, 2.05) is 54.1 Å². The summed E-state index contributed by atoms with van der Waals surface area (Å²) >= 11 is 3.45. The number of nitrogens with zero attached hydrogens (tertiary/aromatic N) is 4. The van der Waals surface area contributed by atoms with Gasteiger partial charge >= 0.3 is 0 Å². The van der Waals surface area contributed by atoms with E-state index in [1.54, 1.807) is 18.3 Å². The maximum Gasteiger partial charge on any atom is 0.270 e. The van der Waals surface area contributed by atoms with Crippen LogP contribution in [0.2, 0.25) is 0 Å². The smallest absolute Gasteiger partial charge is 0.270 e.